The molecular weight excluding hydrogens is 295 g/mol. The molecule has 1 amide bonds. The minimum atomic E-state index is -0.379. The summed E-state index contributed by atoms with van der Waals surface area (Å²) in [6, 6.07) is 9.89. The summed E-state index contributed by atoms with van der Waals surface area (Å²) >= 11 is 0. The number of hydrazone groups is 1. The second kappa shape index (κ2) is 7.54. The largest absolute Gasteiger partial charge is 0.483 e. The van der Waals surface area contributed by atoms with Crippen LogP contribution in [0.25, 0.3) is 0 Å². The number of hydrogen-bond acceptors (Lipinski definition) is 3. The van der Waals surface area contributed by atoms with Crippen molar-refractivity contribution in [3.8, 4) is 5.75 Å². The summed E-state index contributed by atoms with van der Waals surface area (Å²) in [7, 11) is 0. The highest BCUT2D eigenvalue weighted by Crippen LogP contribution is 2.23. The first kappa shape index (κ1) is 16.7. The van der Waals surface area contributed by atoms with Crippen molar-refractivity contribution in [3.05, 3.63) is 64.5 Å². The highest BCUT2D eigenvalue weighted by Gasteiger charge is 2.06. The zero-order chi connectivity index (χ0) is 16.8. The van der Waals surface area contributed by atoms with Gasteiger partial charge in [0.15, 0.2) is 6.61 Å². The molecule has 0 unspecified atom stereocenters. The Morgan fingerprint density at radius 2 is 2.04 bits per heavy atom. The zero-order valence-corrected chi connectivity index (χ0v) is 13.4. The van der Waals surface area contributed by atoms with Gasteiger partial charge in [0, 0.05) is 0 Å². The number of ether oxygens (including phenoxy) is 1. The first-order valence-corrected chi connectivity index (χ1v) is 7.24. The fraction of sp³-hybridized carbons (Fsp3) is 0.222. The summed E-state index contributed by atoms with van der Waals surface area (Å²) in [6.07, 6.45) is 1.38. The number of benzene rings is 2. The molecule has 0 aliphatic carbocycles. The third-order valence-corrected chi connectivity index (χ3v) is 3.37. The molecule has 2 rings (SSSR count). The maximum absolute atomic E-state index is 13.0. The SMILES string of the molecule is Cc1cc(C)c(C)c(OCC(=O)N/N=C/c2cccc(F)c2)c1. The van der Waals surface area contributed by atoms with Crippen molar-refractivity contribution in [1.82, 2.24) is 5.43 Å². The summed E-state index contributed by atoms with van der Waals surface area (Å²) in [4.78, 5) is 11.7. The van der Waals surface area contributed by atoms with E-state index in [0.717, 1.165) is 16.7 Å². The molecular formula is C18H19FN2O2. The second-order valence-electron chi connectivity index (χ2n) is 5.34. The summed E-state index contributed by atoms with van der Waals surface area (Å²) in [5, 5.41) is 3.78. The highest BCUT2D eigenvalue weighted by atomic mass is 19.1. The number of nitrogens with zero attached hydrogens (tertiary/aromatic N) is 1. The zero-order valence-electron chi connectivity index (χ0n) is 13.4. The monoisotopic (exact) mass is 314 g/mol. The summed E-state index contributed by atoms with van der Waals surface area (Å²) in [6.45, 7) is 5.79. The molecule has 0 saturated carbocycles. The molecule has 0 aromatic heterocycles. The topological polar surface area (TPSA) is 50.7 Å². The van der Waals surface area contributed by atoms with Gasteiger partial charge in [-0.15, -0.1) is 0 Å². The van der Waals surface area contributed by atoms with Gasteiger partial charge in [-0.3, -0.25) is 4.79 Å². The van der Waals surface area contributed by atoms with E-state index in [2.05, 4.69) is 16.6 Å². The van der Waals surface area contributed by atoms with E-state index in [1.165, 1.54) is 18.3 Å². The number of aryl methyl sites for hydroxylation is 2. The van der Waals surface area contributed by atoms with Crippen LogP contribution in [0.5, 0.6) is 5.75 Å². The number of nitrogens with one attached hydrogen (secondary N) is 1. The van der Waals surface area contributed by atoms with Gasteiger partial charge in [0.05, 0.1) is 6.21 Å². The maximum atomic E-state index is 13.0. The predicted molar refractivity (Wildman–Crippen MR) is 88.3 cm³/mol. The van der Waals surface area contributed by atoms with Crippen molar-refractivity contribution >= 4 is 12.1 Å². The first-order chi connectivity index (χ1) is 11.0. The first-order valence-electron chi connectivity index (χ1n) is 7.24. The molecule has 2 aromatic carbocycles. The standard InChI is InChI=1S/C18H19FN2O2/c1-12-7-13(2)14(3)17(8-12)23-11-18(22)21-20-10-15-5-4-6-16(19)9-15/h4-10H,11H2,1-3H3,(H,21,22)/b20-10+. The van der Waals surface area contributed by atoms with Crippen LogP contribution in [0.2, 0.25) is 0 Å². The third-order valence-electron chi connectivity index (χ3n) is 3.37. The van der Waals surface area contributed by atoms with Gasteiger partial charge in [-0.05, 0) is 61.2 Å². The maximum Gasteiger partial charge on any atom is 0.277 e. The molecule has 23 heavy (non-hydrogen) atoms. The molecule has 1 N–H and O–H groups in total. The highest BCUT2D eigenvalue weighted by molar-refractivity contribution is 5.82. The Kier molecular flexibility index (Phi) is 5.46. The predicted octanol–water partition coefficient (Wildman–Crippen LogP) is 3.28. The van der Waals surface area contributed by atoms with Crippen molar-refractivity contribution in [2.75, 3.05) is 6.61 Å². The van der Waals surface area contributed by atoms with E-state index < -0.39 is 0 Å². The Morgan fingerprint density at radius 1 is 1.26 bits per heavy atom. The van der Waals surface area contributed by atoms with Crippen molar-refractivity contribution in [1.29, 1.82) is 0 Å². The smallest absolute Gasteiger partial charge is 0.277 e. The molecule has 0 atom stereocenters. The number of carbonyl (C=O) groups is 1. The van der Waals surface area contributed by atoms with E-state index in [0.29, 0.717) is 11.3 Å². The Bertz CT molecular complexity index is 742. The summed E-state index contributed by atoms with van der Waals surface area (Å²) in [5.41, 5.74) is 6.12. The van der Waals surface area contributed by atoms with Crippen LogP contribution in [-0.2, 0) is 4.79 Å². The van der Waals surface area contributed by atoms with Crippen molar-refractivity contribution in [2.24, 2.45) is 5.10 Å². The molecule has 0 aliphatic rings. The van der Waals surface area contributed by atoms with Crippen LogP contribution < -0.4 is 10.2 Å². The number of halogens is 1. The fourth-order valence-electron chi connectivity index (χ4n) is 2.09. The Morgan fingerprint density at radius 3 is 2.78 bits per heavy atom. The molecule has 0 saturated heterocycles. The van der Waals surface area contributed by atoms with Gasteiger partial charge in [0.25, 0.3) is 5.91 Å². The quantitative estimate of drug-likeness (QED) is 0.680. The number of hydrogen-bond donors (Lipinski definition) is 1. The fourth-order valence-corrected chi connectivity index (χ4v) is 2.09. The molecule has 5 heteroatoms. The molecule has 120 valence electrons. The molecule has 0 radical (unpaired) electrons. The van der Waals surface area contributed by atoms with Crippen LogP contribution in [0.15, 0.2) is 41.5 Å². The van der Waals surface area contributed by atoms with Crippen LogP contribution in [0, 0.1) is 26.6 Å². The van der Waals surface area contributed by atoms with Gasteiger partial charge in [-0.2, -0.15) is 5.10 Å². The van der Waals surface area contributed by atoms with Crippen LogP contribution in [0.1, 0.15) is 22.3 Å². The van der Waals surface area contributed by atoms with Gasteiger partial charge in [0.2, 0.25) is 0 Å². The Labute approximate surface area is 135 Å². The van der Waals surface area contributed by atoms with E-state index in [4.69, 9.17) is 4.74 Å². The van der Waals surface area contributed by atoms with E-state index in [1.54, 1.807) is 12.1 Å². The van der Waals surface area contributed by atoms with Crippen LogP contribution in [0.4, 0.5) is 4.39 Å². The van der Waals surface area contributed by atoms with Gasteiger partial charge >= 0.3 is 0 Å². The summed E-state index contributed by atoms with van der Waals surface area (Å²) in [5.74, 6) is -0.0446. The van der Waals surface area contributed by atoms with Crippen molar-refractivity contribution in [3.63, 3.8) is 0 Å². The molecule has 0 spiro atoms. The Hall–Kier alpha value is -2.69. The molecule has 0 heterocycles. The van der Waals surface area contributed by atoms with Crippen LogP contribution in [-0.4, -0.2) is 18.7 Å². The van der Waals surface area contributed by atoms with E-state index in [9.17, 15) is 9.18 Å². The molecule has 0 aliphatic heterocycles. The lowest BCUT2D eigenvalue weighted by molar-refractivity contribution is -0.123. The Balaban J connectivity index is 1.88. The van der Waals surface area contributed by atoms with Crippen LogP contribution in [0.3, 0.4) is 0 Å². The van der Waals surface area contributed by atoms with Gasteiger partial charge < -0.3 is 4.74 Å². The molecule has 0 fully saturated rings. The van der Waals surface area contributed by atoms with Crippen molar-refractivity contribution < 1.29 is 13.9 Å². The second-order valence-corrected chi connectivity index (χ2v) is 5.34. The lowest BCUT2D eigenvalue weighted by Crippen LogP contribution is -2.24. The van der Waals surface area contributed by atoms with E-state index >= 15 is 0 Å². The van der Waals surface area contributed by atoms with Gasteiger partial charge in [-0.1, -0.05) is 18.2 Å². The average molecular weight is 314 g/mol. The minimum Gasteiger partial charge on any atom is -0.483 e. The molecule has 4 nitrogen and oxygen atoms in total. The lowest BCUT2D eigenvalue weighted by atomic mass is 10.1. The molecule has 2 aromatic rings. The van der Waals surface area contributed by atoms with Crippen molar-refractivity contribution in [2.45, 2.75) is 20.8 Å². The number of rotatable bonds is 5. The van der Waals surface area contributed by atoms with E-state index in [-0.39, 0.29) is 18.3 Å². The van der Waals surface area contributed by atoms with Gasteiger partial charge in [0.1, 0.15) is 11.6 Å². The minimum absolute atomic E-state index is 0.135. The lowest BCUT2D eigenvalue weighted by Gasteiger charge is -2.11. The van der Waals surface area contributed by atoms with Crippen LogP contribution >= 0.6 is 0 Å². The number of amides is 1. The summed E-state index contributed by atoms with van der Waals surface area (Å²) < 4.78 is 18.5. The average Bonchev–Trinajstić information content (AvgIpc) is 2.49. The van der Waals surface area contributed by atoms with Gasteiger partial charge in [-0.25, -0.2) is 9.82 Å². The normalized spacial score (nSPS) is 10.8. The van der Waals surface area contributed by atoms with E-state index in [1.807, 2.05) is 26.8 Å². The molecule has 0 bridgehead atoms. The number of carbonyl (C=O) groups excluding carboxylic acids is 1. The third kappa shape index (κ3) is 4.92.